The van der Waals surface area contributed by atoms with Crippen LogP contribution in [0, 0.1) is 0 Å². The van der Waals surface area contributed by atoms with Gasteiger partial charge in [-0.15, -0.1) is 0 Å². The summed E-state index contributed by atoms with van der Waals surface area (Å²) in [6.07, 6.45) is 4.89. The van der Waals surface area contributed by atoms with Crippen molar-refractivity contribution < 1.29 is 9.53 Å². The molecule has 2 heterocycles. The van der Waals surface area contributed by atoms with Crippen molar-refractivity contribution in [2.45, 2.75) is 45.3 Å². The lowest BCUT2D eigenvalue weighted by Gasteiger charge is -2.34. The Labute approximate surface area is 130 Å². The van der Waals surface area contributed by atoms with Crippen LogP contribution in [0.5, 0.6) is 0 Å². The molecule has 0 radical (unpaired) electrons. The van der Waals surface area contributed by atoms with Crippen molar-refractivity contribution in [3.05, 3.63) is 23.5 Å². The van der Waals surface area contributed by atoms with Gasteiger partial charge in [-0.1, -0.05) is 11.6 Å². The van der Waals surface area contributed by atoms with E-state index in [0.29, 0.717) is 24.2 Å². The van der Waals surface area contributed by atoms with Crippen molar-refractivity contribution in [1.29, 1.82) is 0 Å². The smallest absolute Gasteiger partial charge is 0.410 e. The molecule has 1 amide bonds. The van der Waals surface area contributed by atoms with Gasteiger partial charge in [-0.25, -0.2) is 4.79 Å². The molecule has 5 nitrogen and oxygen atoms in total. The lowest BCUT2D eigenvalue weighted by molar-refractivity contribution is 0.0210. The third-order valence-corrected chi connectivity index (χ3v) is 3.60. The number of hydrogen-bond donors (Lipinski definition) is 1. The average molecular weight is 312 g/mol. The fourth-order valence-corrected chi connectivity index (χ4v) is 2.40. The Morgan fingerprint density at radius 1 is 1.43 bits per heavy atom. The number of likely N-dealkylation sites (tertiary alicyclic amines) is 1. The molecule has 2 rings (SSSR count). The highest BCUT2D eigenvalue weighted by atomic mass is 35.5. The molecule has 1 aromatic rings. The van der Waals surface area contributed by atoms with E-state index >= 15 is 0 Å². The molecule has 0 aliphatic carbocycles. The highest BCUT2D eigenvalue weighted by Gasteiger charge is 2.26. The Morgan fingerprint density at radius 3 is 2.67 bits per heavy atom. The molecular weight excluding hydrogens is 290 g/mol. The Bertz CT molecular complexity index is 494. The first-order valence-corrected chi connectivity index (χ1v) is 7.57. The number of rotatable bonds is 2. The van der Waals surface area contributed by atoms with Crippen molar-refractivity contribution in [2.24, 2.45) is 0 Å². The van der Waals surface area contributed by atoms with Crippen LogP contribution in [-0.2, 0) is 4.74 Å². The second-order valence-corrected chi connectivity index (χ2v) is 6.65. The molecule has 0 atom stereocenters. The average Bonchev–Trinajstić information content (AvgIpc) is 2.40. The highest BCUT2D eigenvalue weighted by Crippen LogP contribution is 2.23. The largest absolute Gasteiger partial charge is 0.444 e. The van der Waals surface area contributed by atoms with Crippen LogP contribution in [0.25, 0.3) is 0 Å². The number of nitrogens with one attached hydrogen (secondary N) is 1. The van der Waals surface area contributed by atoms with Gasteiger partial charge in [0.2, 0.25) is 0 Å². The monoisotopic (exact) mass is 311 g/mol. The number of halogens is 1. The summed E-state index contributed by atoms with van der Waals surface area (Å²) in [4.78, 5) is 17.8. The predicted molar refractivity (Wildman–Crippen MR) is 83.7 cm³/mol. The minimum absolute atomic E-state index is 0.236. The van der Waals surface area contributed by atoms with E-state index in [1.54, 1.807) is 23.4 Å². The predicted octanol–water partition coefficient (Wildman–Crippen LogP) is 3.55. The van der Waals surface area contributed by atoms with Gasteiger partial charge in [0.25, 0.3) is 0 Å². The number of carbonyl (C=O) groups is 1. The lowest BCUT2D eigenvalue weighted by atomic mass is 10.1. The zero-order chi connectivity index (χ0) is 15.5. The zero-order valence-electron chi connectivity index (χ0n) is 12.7. The lowest BCUT2D eigenvalue weighted by Crippen LogP contribution is -2.44. The van der Waals surface area contributed by atoms with Crippen LogP contribution in [0.1, 0.15) is 33.6 Å². The quantitative estimate of drug-likeness (QED) is 0.907. The first-order valence-electron chi connectivity index (χ1n) is 7.19. The van der Waals surface area contributed by atoms with E-state index in [1.165, 1.54) is 0 Å². The molecule has 0 saturated carbocycles. The molecule has 0 unspecified atom stereocenters. The van der Waals surface area contributed by atoms with Gasteiger partial charge in [0.1, 0.15) is 5.60 Å². The maximum absolute atomic E-state index is 12.0. The Balaban J connectivity index is 1.83. The van der Waals surface area contributed by atoms with Crippen LogP contribution < -0.4 is 5.32 Å². The molecule has 1 N–H and O–H groups in total. The topological polar surface area (TPSA) is 54.5 Å². The number of anilines is 1. The van der Waals surface area contributed by atoms with Gasteiger partial charge in [-0.3, -0.25) is 4.98 Å². The summed E-state index contributed by atoms with van der Waals surface area (Å²) in [5, 5.41) is 4.05. The molecule has 1 saturated heterocycles. The van der Waals surface area contributed by atoms with Crippen LogP contribution in [0.2, 0.25) is 5.02 Å². The SMILES string of the molecule is CC(C)(C)OC(=O)N1CCC(Nc2cnccc2Cl)CC1. The Morgan fingerprint density at radius 2 is 2.10 bits per heavy atom. The van der Waals surface area contributed by atoms with Crippen molar-refractivity contribution in [3.8, 4) is 0 Å². The molecule has 21 heavy (non-hydrogen) atoms. The molecule has 1 aromatic heterocycles. The van der Waals surface area contributed by atoms with Gasteiger partial charge in [0, 0.05) is 25.3 Å². The summed E-state index contributed by atoms with van der Waals surface area (Å²) < 4.78 is 5.39. The molecule has 0 bridgehead atoms. The van der Waals surface area contributed by atoms with Crippen molar-refractivity contribution in [1.82, 2.24) is 9.88 Å². The highest BCUT2D eigenvalue weighted by molar-refractivity contribution is 6.33. The van der Waals surface area contributed by atoms with Gasteiger partial charge in [0.15, 0.2) is 0 Å². The van der Waals surface area contributed by atoms with Crippen LogP contribution in [0.15, 0.2) is 18.5 Å². The van der Waals surface area contributed by atoms with Gasteiger partial charge >= 0.3 is 6.09 Å². The first kappa shape index (κ1) is 15.9. The van der Waals surface area contributed by atoms with E-state index < -0.39 is 5.60 Å². The normalized spacial score (nSPS) is 16.7. The Hall–Kier alpha value is -1.49. The third-order valence-electron chi connectivity index (χ3n) is 3.27. The number of ether oxygens (including phenoxy) is 1. The molecule has 1 aliphatic rings. The van der Waals surface area contributed by atoms with Crippen molar-refractivity contribution in [3.63, 3.8) is 0 Å². The van der Waals surface area contributed by atoms with E-state index in [2.05, 4.69) is 10.3 Å². The number of amides is 1. The summed E-state index contributed by atoms with van der Waals surface area (Å²) in [7, 11) is 0. The van der Waals surface area contributed by atoms with Crippen molar-refractivity contribution >= 4 is 23.4 Å². The Kier molecular flexibility index (Phi) is 4.93. The summed E-state index contributed by atoms with van der Waals surface area (Å²) in [5.41, 5.74) is 0.393. The van der Waals surface area contributed by atoms with E-state index in [4.69, 9.17) is 16.3 Å². The summed E-state index contributed by atoms with van der Waals surface area (Å²) in [6, 6.07) is 2.06. The number of piperidine rings is 1. The fourth-order valence-electron chi connectivity index (χ4n) is 2.24. The number of aromatic nitrogens is 1. The zero-order valence-corrected chi connectivity index (χ0v) is 13.5. The van der Waals surface area contributed by atoms with Gasteiger partial charge in [-0.05, 0) is 39.7 Å². The molecular formula is C15H22ClN3O2. The fraction of sp³-hybridized carbons (Fsp3) is 0.600. The summed E-state index contributed by atoms with van der Waals surface area (Å²) in [5.74, 6) is 0. The molecule has 6 heteroatoms. The first-order chi connectivity index (χ1) is 9.85. The minimum Gasteiger partial charge on any atom is -0.444 e. The number of hydrogen-bond acceptors (Lipinski definition) is 4. The third kappa shape index (κ3) is 4.77. The maximum Gasteiger partial charge on any atom is 0.410 e. The molecule has 1 aliphatic heterocycles. The van der Waals surface area contributed by atoms with Gasteiger partial charge in [0.05, 0.1) is 16.9 Å². The van der Waals surface area contributed by atoms with E-state index in [0.717, 1.165) is 18.5 Å². The molecule has 0 aromatic carbocycles. The van der Waals surface area contributed by atoms with Crippen LogP contribution in [0.4, 0.5) is 10.5 Å². The maximum atomic E-state index is 12.0. The van der Waals surface area contributed by atoms with Crippen LogP contribution >= 0.6 is 11.6 Å². The summed E-state index contributed by atoms with van der Waals surface area (Å²) in [6.45, 7) is 7.01. The number of pyridine rings is 1. The summed E-state index contributed by atoms with van der Waals surface area (Å²) >= 11 is 6.11. The molecule has 0 spiro atoms. The van der Waals surface area contributed by atoms with Crippen LogP contribution in [0.3, 0.4) is 0 Å². The number of carbonyl (C=O) groups excluding carboxylic acids is 1. The second kappa shape index (κ2) is 6.52. The van der Waals surface area contributed by atoms with E-state index in [1.807, 2.05) is 20.8 Å². The minimum atomic E-state index is -0.449. The van der Waals surface area contributed by atoms with Gasteiger partial charge in [-0.2, -0.15) is 0 Å². The van der Waals surface area contributed by atoms with E-state index in [-0.39, 0.29) is 6.09 Å². The standard InChI is InChI=1S/C15H22ClN3O2/c1-15(2,3)21-14(20)19-8-5-11(6-9-19)18-13-10-17-7-4-12(13)16/h4,7,10-11,18H,5-6,8-9H2,1-3H3. The van der Waals surface area contributed by atoms with E-state index in [9.17, 15) is 4.79 Å². The van der Waals surface area contributed by atoms with Crippen LogP contribution in [-0.4, -0.2) is 40.7 Å². The second-order valence-electron chi connectivity index (χ2n) is 6.24. The molecule has 116 valence electrons. The van der Waals surface area contributed by atoms with Gasteiger partial charge < -0.3 is 15.0 Å². The molecule has 1 fully saturated rings. The number of nitrogens with zero attached hydrogens (tertiary/aromatic N) is 2. The van der Waals surface area contributed by atoms with Crippen molar-refractivity contribution in [2.75, 3.05) is 18.4 Å².